The highest BCUT2D eigenvalue weighted by Crippen LogP contribution is 2.43. The molecule has 1 saturated heterocycles. The summed E-state index contributed by atoms with van der Waals surface area (Å²) in [4.78, 5) is 23.3. The fourth-order valence-electron chi connectivity index (χ4n) is 2.50. The molecule has 9 heteroatoms. The van der Waals surface area contributed by atoms with Crippen LogP contribution in [0.1, 0.15) is 18.5 Å². The summed E-state index contributed by atoms with van der Waals surface area (Å²) in [5, 5.41) is 13.7. The van der Waals surface area contributed by atoms with Crippen LogP contribution in [0, 0.1) is 5.92 Å². The number of urea groups is 1. The third-order valence-electron chi connectivity index (χ3n) is 3.45. The van der Waals surface area contributed by atoms with Gasteiger partial charge in [0.25, 0.3) is 0 Å². The molecule has 5 nitrogen and oxygen atoms in total. The zero-order valence-corrected chi connectivity index (χ0v) is 12.8. The summed E-state index contributed by atoms with van der Waals surface area (Å²) in [6, 6.07) is 3.62. The number of carbonyl (C=O) groups is 2. The van der Waals surface area contributed by atoms with Crippen LogP contribution in [0.4, 0.5) is 18.0 Å². The maximum Gasteiger partial charge on any atom is 0.437 e. The second kappa shape index (κ2) is 5.54. The van der Waals surface area contributed by atoms with Crippen molar-refractivity contribution in [3.63, 3.8) is 0 Å². The fraction of sp³-hybridized carbons (Fsp3) is 0.385. The minimum atomic E-state index is -5.20. The van der Waals surface area contributed by atoms with E-state index < -0.39 is 35.7 Å². The topological polar surface area (TPSA) is 78.4 Å². The number of hydrogen-bond acceptors (Lipinski definition) is 3. The molecular weight excluding hydrogens is 369 g/mol. The van der Waals surface area contributed by atoms with Crippen LogP contribution in [0.5, 0.6) is 0 Å². The van der Waals surface area contributed by atoms with Gasteiger partial charge in [0.1, 0.15) is 5.78 Å². The lowest BCUT2D eigenvalue weighted by Crippen LogP contribution is -2.72. The Balaban J connectivity index is 2.57. The summed E-state index contributed by atoms with van der Waals surface area (Å²) < 4.78 is 40.2. The van der Waals surface area contributed by atoms with Crippen molar-refractivity contribution in [2.75, 3.05) is 0 Å². The Morgan fingerprint density at radius 1 is 1.41 bits per heavy atom. The number of rotatable bonds is 2. The van der Waals surface area contributed by atoms with Gasteiger partial charge in [0.15, 0.2) is 0 Å². The Morgan fingerprint density at radius 2 is 2.05 bits per heavy atom. The molecule has 1 aliphatic heterocycles. The number of ketones is 1. The second-order valence-electron chi connectivity index (χ2n) is 4.98. The highest BCUT2D eigenvalue weighted by Gasteiger charge is 2.65. The van der Waals surface area contributed by atoms with Gasteiger partial charge in [-0.3, -0.25) is 4.79 Å². The van der Waals surface area contributed by atoms with E-state index >= 15 is 0 Å². The van der Waals surface area contributed by atoms with Crippen molar-refractivity contribution in [3.05, 3.63) is 34.3 Å². The van der Waals surface area contributed by atoms with Gasteiger partial charge < -0.3 is 15.7 Å². The molecule has 1 aromatic carbocycles. The number of nitrogens with one attached hydrogen (secondary N) is 2. The van der Waals surface area contributed by atoms with E-state index in [9.17, 15) is 27.9 Å². The molecule has 1 fully saturated rings. The summed E-state index contributed by atoms with van der Waals surface area (Å²) in [5.74, 6) is -2.82. The zero-order valence-electron chi connectivity index (χ0n) is 11.2. The molecule has 3 atom stereocenters. The summed E-state index contributed by atoms with van der Waals surface area (Å²) >= 11 is 3.17. The monoisotopic (exact) mass is 380 g/mol. The normalized spacial score (nSPS) is 28.7. The number of aliphatic hydroxyl groups is 1. The molecule has 0 spiro atoms. The maximum atomic E-state index is 13.2. The van der Waals surface area contributed by atoms with Gasteiger partial charge >= 0.3 is 12.2 Å². The lowest BCUT2D eigenvalue weighted by Gasteiger charge is -2.44. The van der Waals surface area contributed by atoms with Crippen molar-refractivity contribution in [1.29, 1.82) is 0 Å². The van der Waals surface area contributed by atoms with Crippen molar-refractivity contribution in [2.45, 2.75) is 24.9 Å². The van der Waals surface area contributed by atoms with Gasteiger partial charge in [-0.1, -0.05) is 28.1 Å². The predicted molar refractivity (Wildman–Crippen MR) is 73.7 cm³/mol. The van der Waals surface area contributed by atoms with E-state index in [1.165, 1.54) is 17.4 Å². The molecule has 0 aliphatic carbocycles. The predicted octanol–water partition coefficient (Wildman–Crippen LogP) is 2.26. The number of benzene rings is 1. The molecule has 120 valence electrons. The minimum absolute atomic E-state index is 0.270. The number of amides is 2. The van der Waals surface area contributed by atoms with Gasteiger partial charge in [-0.2, -0.15) is 13.2 Å². The highest BCUT2D eigenvalue weighted by atomic mass is 79.9. The van der Waals surface area contributed by atoms with E-state index in [2.05, 4.69) is 21.2 Å². The lowest BCUT2D eigenvalue weighted by molar-refractivity contribution is -0.290. The average Bonchev–Trinajstić information content (AvgIpc) is 2.35. The molecule has 1 heterocycles. The summed E-state index contributed by atoms with van der Waals surface area (Å²) in [6.07, 6.45) is -5.20. The molecule has 0 saturated carbocycles. The van der Waals surface area contributed by atoms with Crippen molar-refractivity contribution in [1.82, 2.24) is 10.6 Å². The van der Waals surface area contributed by atoms with Crippen molar-refractivity contribution < 1.29 is 27.9 Å². The molecule has 3 unspecified atom stereocenters. The standard InChI is InChI=1S/C13H12BrF3N2O3/c1-6(20)9-10(7-3-2-4-8(14)5-7)18-11(21)19-12(9,22)13(15,16)17/h2-5,9-10,22H,1H3,(H2,18,19,21). The number of halogens is 4. The second-order valence-corrected chi connectivity index (χ2v) is 5.90. The minimum Gasteiger partial charge on any atom is -0.363 e. The van der Waals surface area contributed by atoms with Gasteiger partial charge in [0.05, 0.1) is 12.0 Å². The maximum absolute atomic E-state index is 13.2. The van der Waals surface area contributed by atoms with Gasteiger partial charge in [-0.05, 0) is 24.6 Å². The van der Waals surface area contributed by atoms with Crippen LogP contribution in [0.25, 0.3) is 0 Å². The van der Waals surface area contributed by atoms with E-state index in [0.29, 0.717) is 4.47 Å². The van der Waals surface area contributed by atoms with Crippen molar-refractivity contribution in [2.24, 2.45) is 5.92 Å². The largest absolute Gasteiger partial charge is 0.437 e. The highest BCUT2D eigenvalue weighted by molar-refractivity contribution is 9.10. The molecule has 22 heavy (non-hydrogen) atoms. The van der Waals surface area contributed by atoms with Crippen LogP contribution in [0.15, 0.2) is 28.7 Å². The van der Waals surface area contributed by atoms with Crippen LogP contribution in [-0.4, -0.2) is 28.8 Å². The Labute approximate surface area is 132 Å². The van der Waals surface area contributed by atoms with Crippen LogP contribution in [-0.2, 0) is 4.79 Å². The Kier molecular flexibility index (Phi) is 4.22. The fourth-order valence-corrected chi connectivity index (χ4v) is 2.92. The van der Waals surface area contributed by atoms with E-state index in [-0.39, 0.29) is 5.56 Å². The summed E-state index contributed by atoms with van der Waals surface area (Å²) in [7, 11) is 0. The smallest absolute Gasteiger partial charge is 0.363 e. The van der Waals surface area contributed by atoms with Gasteiger partial charge in [0.2, 0.25) is 5.72 Å². The summed E-state index contributed by atoms with van der Waals surface area (Å²) in [6.45, 7) is 0.936. The van der Waals surface area contributed by atoms with Gasteiger partial charge in [-0.25, -0.2) is 4.79 Å². The third-order valence-corrected chi connectivity index (χ3v) is 3.95. The SMILES string of the molecule is CC(=O)C1C(c2cccc(Br)c2)NC(=O)NC1(O)C(F)(F)F. The molecule has 0 bridgehead atoms. The first-order valence-electron chi connectivity index (χ1n) is 6.20. The van der Waals surface area contributed by atoms with Crippen LogP contribution < -0.4 is 10.6 Å². The van der Waals surface area contributed by atoms with Crippen molar-refractivity contribution >= 4 is 27.7 Å². The van der Waals surface area contributed by atoms with Crippen molar-refractivity contribution in [3.8, 4) is 0 Å². The Hall–Kier alpha value is -1.61. The van der Waals surface area contributed by atoms with E-state index in [4.69, 9.17) is 0 Å². The third kappa shape index (κ3) is 2.82. The number of Topliss-reactive ketones (excluding diaryl/α,β-unsaturated/α-hetero) is 1. The molecule has 3 N–H and O–H groups in total. The number of hydrogen-bond donors (Lipinski definition) is 3. The molecule has 0 radical (unpaired) electrons. The van der Waals surface area contributed by atoms with E-state index in [1.807, 2.05) is 0 Å². The first-order chi connectivity index (χ1) is 10.1. The Morgan fingerprint density at radius 3 is 2.55 bits per heavy atom. The first-order valence-corrected chi connectivity index (χ1v) is 6.99. The first kappa shape index (κ1) is 16.8. The van der Waals surface area contributed by atoms with Crippen LogP contribution >= 0.6 is 15.9 Å². The van der Waals surface area contributed by atoms with Crippen LogP contribution in [0.3, 0.4) is 0 Å². The lowest BCUT2D eigenvalue weighted by atomic mass is 9.79. The number of carbonyl (C=O) groups excluding carboxylic acids is 2. The average molecular weight is 381 g/mol. The molecule has 2 rings (SSSR count). The molecule has 2 amide bonds. The molecule has 1 aromatic rings. The van der Waals surface area contributed by atoms with E-state index in [0.717, 1.165) is 6.92 Å². The molecule has 1 aliphatic rings. The van der Waals surface area contributed by atoms with E-state index in [1.54, 1.807) is 12.1 Å². The zero-order chi connectivity index (χ0) is 16.7. The van der Waals surface area contributed by atoms with Crippen LogP contribution in [0.2, 0.25) is 0 Å². The Bertz CT molecular complexity index is 623. The summed E-state index contributed by atoms with van der Waals surface area (Å²) in [5.41, 5.74) is -3.36. The van der Waals surface area contributed by atoms with Gasteiger partial charge in [0, 0.05) is 4.47 Å². The number of alkyl halides is 3. The quantitative estimate of drug-likeness (QED) is 0.736. The molecular formula is C13H12BrF3N2O3. The molecule has 0 aromatic heterocycles. The van der Waals surface area contributed by atoms with Gasteiger partial charge in [-0.15, -0.1) is 0 Å².